The average Bonchev–Trinajstić information content (AvgIpc) is 2.03. The second-order valence-electron chi connectivity index (χ2n) is 2.51. The Bertz CT molecular complexity index is 307. The van der Waals surface area contributed by atoms with E-state index in [2.05, 4.69) is 15.9 Å². The zero-order valence-corrected chi connectivity index (χ0v) is 8.26. The molecule has 3 heteroatoms. The number of carboxylic acids is 1. The molecule has 1 N–H and O–H groups in total. The van der Waals surface area contributed by atoms with Crippen molar-refractivity contribution in [1.82, 2.24) is 0 Å². The minimum atomic E-state index is -0.883. The van der Waals surface area contributed by atoms with Crippen LogP contribution in [0.1, 0.15) is 22.8 Å². The molecule has 0 aromatic heterocycles. The van der Waals surface area contributed by atoms with Crippen LogP contribution < -0.4 is 0 Å². The lowest BCUT2D eigenvalue weighted by molar-refractivity contribution is 0.0696. The van der Waals surface area contributed by atoms with Crippen LogP contribution >= 0.6 is 15.9 Å². The standard InChI is InChI=1S/C9H9BrO2/c1-2-6-3-7(9(11)12)5-8(10)4-6/h3-5H,2H2,1H3,(H,11,12). The number of carbonyl (C=O) groups is 1. The molecule has 0 aliphatic rings. The first-order valence-corrected chi connectivity index (χ1v) is 4.45. The van der Waals surface area contributed by atoms with E-state index in [-0.39, 0.29) is 0 Å². The van der Waals surface area contributed by atoms with Gasteiger partial charge in [0.25, 0.3) is 0 Å². The maximum absolute atomic E-state index is 10.6. The molecule has 1 aromatic rings. The van der Waals surface area contributed by atoms with Gasteiger partial charge in [-0.3, -0.25) is 0 Å². The summed E-state index contributed by atoms with van der Waals surface area (Å²) in [5, 5.41) is 8.71. The fourth-order valence-corrected chi connectivity index (χ4v) is 1.52. The predicted molar refractivity (Wildman–Crippen MR) is 50.5 cm³/mol. The molecule has 0 spiro atoms. The number of hydrogen-bond donors (Lipinski definition) is 1. The minimum Gasteiger partial charge on any atom is -0.478 e. The third-order valence-corrected chi connectivity index (χ3v) is 2.07. The molecule has 0 saturated heterocycles. The fraction of sp³-hybridized carbons (Fsp3) is 0.222. The smallest absolute Gasteiger partial charge is 0.335 e. The van der Waals surface area contributed by atoms with Gasteiger partial charge in [0.2, 0.25) is 0 Å². The molecule has 0 radical (unpaired) electrons. The molecule has 0 heterocycles. The molecule has 64 valence electrons. The van der Waals surface area contributed by atoms with Gasteiger partial charge < -0.3 is 5.11 Å². The van der Waals surface area contributed by atoms with Crippen LogP contribution in [-0.4, -0.2) is 11.1 Å². The molecule has 0 aliphatic heterocycles. The van der Waals surface area contributed by atoms with Crippen LogP contribution in [0.5, 0.6) is 0 Å². The number of hydrogen-bond acceptors (Lipinski definition) is 1. The summed E-state index contributed by atoms with van der Waals surface area (Å²) in [4.78, 5) is 10.6. The number of aryl methyl sites for hydroxylation is 1. The molecule has 1 aromatic carbocycles. The van der Waals surface area contributed by atoms with Gasteiger partial charge in [-0.2, -0.15) is 0 Å². The number of benzene rings is 1. The van der Waals surface area contributed by atoms with Gasteiger partial charge in [0.15, 0.2) is 0 Å². The Morgan fingerprint density at radius 3 is 2.67 bits per heavy atom. The second-order valence-corrected chi connectivity index (χ2v) is 3.42. The van der Waals surface area contributed by atoms with Crippen molar-refractivity contribution in [2.75, 3.05) is 0 Å². The molecule has 0 fully saturated rings. The molecule has 1 rings (SSSR count). The van der Waals surface area contributed by atoms with E-state index in [4.69, 9.17) is 5.11 Å². The molecule has 2 nitrogen and oxygen atoms in total. The normalized spacial score (nSPS) is 9.83. The summed E-state index contributed by atoms with van der Waals surface area (Å²) in [7, 11) is 0. The van der Waals surface area contributed by atoms with E-state index in [9.17, 15) is 4.79 Å². The zero-order valence-electron chi connectivity index (χ0n) is 6.67. The highest BCUT2D eigenvalue weighted by atomic mass is 79.9. The molecule has 0 saturated carbocycles. The lowest BCUT2D eigenvalue weighted by Gasteiger charge is -2.00. The first-order valence-electron chi connectivity index (χ1n) is 3.66. The van der Waals surface area contributed by atoms with Crippen LogP contribution in [0.25, 0.3) is 0 Å². The first-order chi connectivity index (χ1) is 5.63. The van der Waals surface area contributed by atoms with Crippen molar-refractivity contribution in [3.05, 3.63) is 33.8 Å². The highest BCUT2D eigenvalue weighted by Crippen LogP contribution is 2.16. The van der Waals surface area contributed by atoms with Crippen LogP contribution in [0.15, 0.2) is 22.7 Å². The number of aromatic carboxylic acids is 1. The van der Waals surface area contributed by atoms with Gasteiger partial charge in [-0.1, -0.05) is 22.9 Å². The topological polar surface area (TPSA) is 37.3 Å². The molecular weight excluding hydrogens is 220 g/mol. The molecule has 0 aliphatic carbocycles. The summed E-state index contributed by atoms with van der Waals surface area (Å²) in [5.74, 6) is -0.883. The average molecular weight is 229 g/mol. The molecule has 0 atom stereocenters. The second kappa shape index (κ2) is 3.72. The zero-order chi connectivity index (χ0) is 9.14. The van der Waals surface area contributed by atoms with Gasteiger partial charge in [-0.15, -0.1) is 0 Å². The van der Waals surface area contributed by atoms with Crippen molar-refractivity contribution < 1.29 is 9.90 Å². The van der Waals surface area contributed by atoms with Crippen LogP contribution in [0.2, 0.25) is 0 Å². The van der Waals surface area contributed by atoms with Crippen molar-refractivity contribution >= 4 is 21.9 Å². The molecule has 0 amide bonds. The maximum Gasteiger partial charge on any atom is 0.335 e. The highest BCUT2D eigenvalue weighted by Gasteiger charge is 2.04. The minimum absolute atomic E-state index is 0.334. The Kier molecular flexibility index (Phi) is 2.87. The van der Waals surface area contributed by atoms with Crippen LogP contribution in [0, 0.1) is 0 Å². The fourth-order valence-electron chi connectivity index (χ4n) is 0.978. The molecular formula is C9H9BrO2. The van der Waals surface area contributed by atoms with Gasteiger partial charge >= 0.3 is 5.97 Å². The first kappa shape index (κ1) is 9.26. The van der Waals surface area contributed by atoms with E-state index in [1.807, 2.05) is 13.0 Å². The SMILES string of the molecule is CCc1cc(Br)cc(C(=O)O)c1. The number of rotatable bonds is 2. The third-order valence-electron chi connectivity index (χ3n) is 1.61. The summed E-state index contributed by atoms with van der Waals surface area (Å²) in [6.07, 6.45) is 0.847. The van der Waals surface area contributed by atoms with E-state index in [0.717, 1.165) is 16.5 Å². The molecule has 0 unspecified atom stereocenters. The van der Waals surface area contributed by atoms with E-state index >= 15 is 0 Å². The van der Waals surface area contributed by atoms with Gasteiger partial charge in [0.05, 0.1) is 5.56 Å². The maximum atomic E-state index is 10.6. The van der Waals surface area contributed by atoms with Crippen LogP contribution in [0.3, 0.4) is 0 Å². The van der Waals surface area contributed by atoms with Gasteiger partial charge in [0, 0.05) is 4.47 Å². The van der Waals surface area contributed by atoms with E-state index in [0.29, 0.717) is 5.56 Å². The summed E-state index contributed by atoms with van der Waals surface area (Å²) in [5.41, 5.74) is 1.36. The summed E-state index contributed by atoms with van der Waals surface area (Å²) in [6, 6.07) is 5.21. The largest absolute Gasteiger partial charge is 0.478 e. The molecule has 12 heavy (non-hydrogen) atoms. The quantitative estimate of drug-likeness (QED) is 0.846. The van der Waals surface area contributed by atoms with Crippen molar-refractivity contribution in [3.63, 3.8) is 0 Å². The molecule has 0 bridgehead atoms. The van der Waals surface area contributed by atoms with E-state index in [1.165, 1.54) is 0 Å². The van der Waals surface area contributed by atoms with E-state index in [1.54, 1.807) is 12.1 Å². The number of carboxylic acid groups (broad SMARTS) is 1. The number of halogens is 1. The van der Waals surface area contributed by atoms with Gasteiger partial charge in [-0.05, 0) is 30.2 Å². The third kappa shape index (κ3) is 2.08. The highest BCUT2D eigenvalue weighted by molar-refractivity contribution is 9.10. The Balaban J connectivity index is 3.15. The van der Waals surface area contributed by atoms with Gasteiger partial charge in [0.1, 0.15) is 0 Å². The van der Waals surface area contributed by atoms with Crippen LogP contribution in [-0.2, 0) is 6.42 Å². The van der Waals surface area contributed by atoms with Crippen molar-refractivity contribution in [1.29, 1.82) is 0 Å². The Morgan fingerprint density at radius 1 is 1.50 bits per heavy atom. The Hall–Kier alpha value is -0.830. The lowest BCUT2D eigenvalue weighted by Crippen LogP contribution is -1.97. The van der Waals surface area contributed by atoms with E-state index < -0.39 is 5.97 Å². The Labute approximate surface area is 79.3 Å². The van der Waals surface area contributed by atoms with Crippen molar-refractivity contribution in [2.24, 2.45) is 0 Å². The van der Waals surface area contributed by atoms with Gasteiger partial charge in [-0.25, -0.2) is 4.79 Å². The lowest BCUT2D eigenvalue weighted by atomic mass is 10.1. The Morgan fingerprint density at radius 2 is 2.17 bits per heavy atom. The summed E-state index contributed by atoms with van der Waals surface area (Å²) in [6.45, 7) is 1.99. The van der Waals surface area contributed by atoms with Crippen molar-refractivity contribution in [2.45, 2.75) is 13.3 Å². The van der Waals surface area contributed by atoms with Crippen molar-refractivity contribution in [3.8, 4) is 0 Å². The summed E-state index contributed by atoms with van der Waals surface area (Å²) >= 11 is 3.26. The van der Waals surface area contributed by atoms with Crippen LogP contribution in [0.4, 0.5) is 0 Å². The predicted octanol–water partition coefficient (Wildman–Crippen LogP) is 2.71. The monoisotopic (exact) mass is 228 g/mol. The summed E-state index contributed by atoms with van der Waals surface area (Å²) < 4.78 is 0.819.